The third kappa shape index (κ3) is 2.01. The standard InChI is InChI=1S/C16H19N3O/c1-15(2)10-16(15,13-6-4-3-5-7-13)11-17-14(20)12-8-18-19-9-12/h3-9H,10-11H2,1-2H3,(H,17,20)(H,18,19). The smallest absolute Gasteiger partial charge is 0.254 e. The van der Waals surface area contributed by atoms with Gasteiger partial charge in [0.25, 0.3) is 5.91 Å². The largest absolute Gasteiger partial charge is 0.351 e. The van der Waals surface area contributed by atoms with Crippen molar-refractivity contribution in [2.24, 2.45) is 5.41 Å². The summed E-state index contributed by atoms with van der Waals surface area (Å²) < 4.78 is 0. The molecule has 0 spiro atoms. The van der Waals surface area contributed by atoms with Crippen molar-refractivity contribution in [1.29, 1.82) is 0 Å². The minimum atomic E-state index is -0.0724. The molecular weight excluding hydrogens is 250 g/mol. The second-order valence-electron chi connectivity index (χ2n) is 6.18. The fourth-order valence-corrected chi connectivity index (χ4v) is 3.07. The number of aromatic nitrogens is 2. The number of H-pyrrole nitrogens is 1. The second-order valence-corrected chi connectivity index (χ2v) is 6.18. The number of aromatic amines is 1. The summed E-state index contributed by atoms with van der Waals surface area (Å²) in [5, 5.41) is 9.51. The minimum absolute atomic E-state index is 0.0493. The Labute approximate surface area is 118 Å². The van der Waals surface area contributed by atoms with E-state index in [-0.39, 0.29) is 16.7 Å². The molecule has 0 aliphatic heterocycles. The van der Waals surface area contributed by atoms with Gasteiger partial charge in [0.2, 0.25) is 0 Å². The SMILES string of the molecule is CC1(C)CC1(CNC(=O)c1cn[nH]c1)c1ccccc1. The van der Waals surface area contributed by atoms with Gasteiger partial charge in [0.05, 0.1) is 11.8 Å². The first-order valence-corrected chi connectivity index (χ1v) is 6.88. The maximum atomic E-state index is 12.1. The lowest BCUT2D eigenvalue weighted by Crippen LogP contribution is -2.34. The molecule has 1 atom stereocenters. The Bertz CT molecular complexity index is 604. The highest BCUT2D eigenvalue weighted by molar-refractivity contribution is 5.93. The molecule has 1 aromatic carbocycles. The summed E-state index contributed by atoms with van der Waals surface area (Å²) in [7, 11) is 0. The Hall–Kier alpha value is -2.10. The summed E-state index contributed by atoms with van der Waals surface area (Å²) >= 11 is 0. The molecule has 20 heavy (non-hydrogen) atoms. The van der Waals surface area contributed by atoms with Crippen molar-refractivity contribution in [2.75, 3.05) is 6.54 Å². The van der Waals surface area contributed by atoms with Crippen LogP contribution in [0.2, 0.25) is 0 Å². The van der Waals surface area contributed by atoms with E-state index in [0.29, 0.717) is 12.1 Å². The van der Waals surface area contributed by atoms with E-state index in [0.717, 1.165) is 6.42 Å². The lowest BCUT2D eigenvalue weighted by molar-refractivity contribution is 0.0948. The van der Waals surface area contributed by atoms with Crippen LogP contribution in [0.5, 0.6) is 0 Å². The number of nitrogens with one attached hydrogen (secondary N) is 2. The van der Waals surface area contributed by atoms with Crippen molar-refractivity contribution in [3.8, 4) is 0 Å². The molecule has 2 N–H and O–H groups in total. The van der Waals surface area contributed by atoms with E-state index in [1.165, 1.54) is 5.56 Å². The van der Waals surface area contributed by atoms with Gasteiger partial charge in [-0.3, -0.25) is 9.89 Å². The van der Waals surface area contributed by atoms with Gasteiger partial charge < -0.3 is 5.32 Å². The quantitative estimate of drug-likeness (QED) is 0.896. The summed E-state index contributed by atoms with van der Waals surface area (Å²) in [6, 6.07) is 10.4. The molecule has 0 saturated heterocycles. The third-order valence-electron chi connectivity index (χ3n) is 4.55. The van der Waals surface area contributed by atoms with E-state index in [4.69, 9.17) is 0 Å². The number of amides is 1. The van der Waals surface area contributed by atoms with E-state index < -0.39 is 0 Å². The van der Waals surface area contributed by atoms with Gasteiger partial charge in [-0.25, -0.2) is 0 Å². The Morgan fingerprint density at radius 1 is 1.35 bits per heavy atom. The first-order valence-electron chi connectivity index (χ1n) is 6.88. The fraction of sp³-hybridized carbons (Fsp3) is 0.375. The number of carbonyl (C=O) groups excluding carboxylic acids is 1. The van der Waals surface area contributed by atoms with Gasteiger partial charge in [0, 0.05) is 18.2 Å². The number of rotatable bonds is 4. The Balaban J connectivity index is 1.76. The predicted molar refractivity (Wildman–Crippen MR) is 77.4 cm³/mol. The van der Waals surface area contributed by atoms with Gasteiger partial charge in [0.15, 0.2) is 0 Å². The second kappa shape index (κ2) is 4.47. The predicted octanol–water partition coefficient (Wildman–Crippen LogP) is 2.51. The molecule has 0 radical (unpaired) electrons. The molecule has 4 nitrogen and oxygen atoms in total. The monoisotopic (exact) mass is 269 g/mol. The lowest BCUT2D eigenvalue weighted by Gasteiger charge is -2.21. The molecule has 1 aliphatic carbocycles. The van der Waals surface area contributed by atoms with E-state index in [1.807, 2.05) is 6.07 Å². The zero-order valence-electron chi connectivity index (χ0n) is 11.8. The van der Waals surface area contributed by atoms with Crippen molar-refractivity contribution >= 4 is 5.91 Å². The molecule has 1 unspecified atom stereocenters. The third-order valence-corrected chi connectivity index (χ3v) is 4.55. The molecule has 1 heterocycles. The van der Waals surface area contributed by atoms with E-state index in [1.54, 1.807) is 12.4 Å². The number of benzene rings is 1. The molecule has 4 heteroatoms. The average Bonchev–Trinajstić information content (AvgIpc) is 2.85. The number of hydrogen-bond donors (Lipinski definition) is 2. The van der Waals surface area contributed by atoms with Crippen LogP contribution >= 0.6 is 0 Å². The zero-order valence-corrected chi connectivity index (χ0v) is 11.8. The van der Waals surface area contributed by atoms with Gasteiger partial charge in [-0.05, 0) is 17.4 Å². The topological polar surface area (TPSA) is 57.8 Å². The van der Waals surface area contributed by atoms with Crippen molar-refractivity contribution in [3.05, 3.63) is 53.9 Å². The van der Waals surface area contributed by atoms with Crippen LogP contribution in [-0.4, -0.2) is 22.6 Å². The van der Waals surface area contributed by atoms with Crippen LogP contribution in [0.1, 0.15) is 36.2 Å². The molecule has 1 aliphatic rings. The van der Waals surface area contributed by atoms with Crippen LogP contribution in [0.4, 0.5) is 0 Å². The Morgan fingerprint density at radius 3 is 2.60 bits per heavy atom. The van der Waals surface area contributed by atoms with Gasteiger partial charge in [-0.15, -0.1) is 0 Å². The Morgan fingerprint density at radius 2 is 2.05 bits per heavy atom. The van der Waals surface area contributed by atoms with Crippen LogP contribution in [-0.2, 0) is 5.41 Å². The average molecular weight is 269 g/mol. The molecule has 0 bridgehead atoms. The van der Waals surface area contributed by atoms with Crippen LogP contribution in [0.15, 0.2) is 42.7 Å². The van der Waals surface area contributed by atoms with Crippen LogP contribution in [0, 0.1) is 5.41 Å². The summed E-state index contributed by atoms with van der Waals surface area (Å²) in [5.41, 5.74) is 2.15. The molecular formula is C16H19N3O. The molecule has 1 saturated carbocycles. The molecule has 2 aromatic rings. The summed E-state index contributed by atoms with van der Waals surface area (Å²) in [6.45, 7) is 5.17. The lowest BCUT2D eigenvalue weighted by atomic mass is 9.88. The van der Waals surface area contributed by atoms with E-state index in [9.17, 15) is 4.79 Å². The highest BCUT2D eigenvalue weighted by Gasteiger charge is 2.61. The first-order chi connectivity index (χ1) is 9.55. The van der Waals surface area contributed by atoms with Crippen LogP contribution < -0.4 is 5.32 Å². The zero-order chi connectivity index (χ0) is 14.2. The van der Waals surface area contributed by atoms with Gasteiger partial charge in [-0.2, -0.15) is 5.10 Å². The van der Waals surface area contributed by atoms with E-state index in [2.05, 4.69) is 53.6 Å². The first kappa shape index (κ1) is 12.9. The summed E-state index contributed by atoms with van der Waals surface area (Å²) in [4.78, 5) is 12.1. The molecule has 1 aromatic heterocycles. The molecule has 1 amide bonds. The van der Waals surface area contributed by atoms with Crippen molar-refractivity contribution < 1.29 is 4.79 Å². The van der Waals surface area contributed by atoms with Crippen LogP contribution in [0.25, 0.3) is 0 Å². The number of hydrogen-bond acceptors (Lipinski definition) is 2. The van der Waals surface area contributed by atoms with Crippen LogP contribution in [0.3, 0.4) is 0 Å². The van der Waals surface area contributed by atoms with E-state index >= 15 is 0 Å². The highest BCUT2D eigenvalue weighted by Crippen LogP contribution is 2.63. The van der Waals surface area contributed by atoms with Gasteiger partial charge in [-0.1, -0.05) is 44.2 Å². The Kier molecular flexibility index (Phi) is 2.89. The van der Waals surface area contributed by atoms with Gasteiger partial charge >= 0.3 is 0 Å². The van der Waals surface area contributed by atoms with Crippen molar-refractivity contribution in [2.45, 2.75) is 25.7 Å². The molecule has 3 rings (SSSR count). The maximum Gasteiger partial charge on any atom is 0.254 e. The van der Waals surface area contributed by atoms with Crippen molar-refractivity contribution in [1.82, 2.24) is 15.5 Å². The van der Waals surface area contributed by atoms with Gasteiger partial charge in [0.1, 0.15) is 0 Å². The normalized spacial score (nSPS) is 23.3. The maximum absolute atomic E-state index is 12.1. The highest BCUT2D eigenvalue weighted by atomic mass is 16.1. The summed E-state index contributed by atoms with van der Waals surface area (Å²) in [6.07, 6.45) is 4.25. The number of nitrogens with zero attached hydrogens (tertiary/aromatic N) is 1. The molecule has 1 fully saturated rings. The molecule has 104 valence electrons. The number of carbonyl (C=O) groups is 1. The summed E-state index contributed by atoms with van der Waals surface area (Å²) in [5.74, 6) is -0.0724. The fourth-order valence-electron chi connectivity index (χ4n) is 3.07. The minimum Gasteiger partial charge on any atom is -0.351 e. The van der Waals surface area contributed by atoms with Crippen molar-refractivity contribution in [3.63, 3.8) is 0 Å².